The molecule has 1 amide bonds. The van der Waals surface area contributed by atoms with Gasteiger partial charge in [-0.2, -0.15) is 0 Å². The van der Waals surface area contributed by atoms with Gasteiger partial charge in [-0.05, 0) is 65.2 Å². The number of rotatable bonds is 9. The molecule has 0 radical (unpaired) electrons. The monoisotopic (exact) mass is 504 g/mol. The zero-order valence-corrected chi connectivity index (χ0v) is 21.1. The Balaban J connectivity index is 1.21. The summed E-state index contributed by atoms with van der Waals surface area (Å²) in [4.78, 5) is 28.6. The van der Waals surface area contributed by atoms with Crippen LogP contribution in [0.3, 0.4) is 0 Å². The highest BCUT2D eigenvalue weighted by molar-refractivity contribution is 5.96. The van der Waals surface area contributed by atoms with Crippen LogP contribution in [0.15, 0.2) is 97.1 Å². The number of ether oxygens (including phenoxy) is 1. The average molecular weight is 505 g/mol. The first-order valence-electron chi connectivity index (χ1n) is 12.6. The summed E-state index contributed by atoms with van der Waals surface area (Å²) in [7, 11) is 0. The second kappa shape index (κ2) is 11.1. The number of nitrogens with one attached hydrogen (secondary N) is 1. The Morgan fingerprint density at radius 2 is 1.66 bits per heavy atom. The fraction of sp³-hybridized carbons (Fsp3) is 0.156. The standard InChI is InChI=1S/C32H28N2O4/c1-21(32(37)34-28-7-4-5-22(17-28)18-31(35)36)24-9-10-26-20-29(14-12-25(26)19-24)38-16-15-27-13-11-23-6-2-3-8-30(23)33-27/h2-14,17,19-21H,15-16,18H2,1H3,(H,34,37)(H,35,36). The van der Waals surface area contributed by atoms with E-state index in [2.05, 4.69) is 17.4 Å². The number of benzene rings is 4. The highest BCUT2D eigenvalue weighted by Crippen LogP contribution is 2.26. The lowest BCUT2D eigenvalue weighted by Gasteiger charge is -2.14. The number of carboxylic acids is 1. The van der Waals surface area contributed by atoms with Gasteiger partial charge < -0.3 is 15.2 Å². The predicted octanol–water partition coefficient (Wildman–Crippen LogP) is 6.38. The van der Waals surface area contributed by atoms with E-state index < -0.39 is 5.97 Å². The number of fused-ring (bicyclic) bond motifs is 2. The Morgan fingerprint density at radius 3 is 2.53 bits per heavy atom. The van der Waals surface area contributed by atoms with Crippen molar-refractivity contribution >= 4 is 39.2 Å². The third-order valence-corrected chi connectivity index (χ3v) is 6.56. The number of hydrogen-bond acceptors (Lipinski definition) is 4. The maximum atomic E-state index is 12.9. The molecule has 0 aliphatic carbocycles. The molecule has 38 heavy (non-hydrogen) atoms. The van der Waals surface area contributed by atoms with Gasteiger partial charge in [-0.25, -0.2) is 0 Å². The van der Waals surface area contributed by atoms with E-state index in [4.69, 9.17) is 14.8 Å². The van der Waals surface area contributed by atoms with Gasteiger partial charge in [0.25, 0.3) is 0 Å². The fourth-order valence-corrected chi connectivity index (χ4v) is 4.46. The summed E-state index contributed by atoms with van der Waals surface area (Å²) in [6.45, 7) is 2.38. The Morgan fingerprint density at radius 1 is 0.868 bits per heavy atom. The van der Waals surface area contributed by atoms with Gasteiger partial charge in [-0.1, -0.05) is 60.7 Å². The Kier molecular flexibility index (Phi) is 7.31. The number of aliphatic carboxylic acids is 1. The second-order valence-corrected chi connectivity index (χ2v) is 9.34. The molecule has 0 saturated heterocycles. The molecule has 0 bridgehead atoms. The molecule has 0 fully saturated rings. The van der Waals surface area contributed by atoms with Crippen LogP contribution in [0.25, 0.3) is 21.7 Å². The normalized spacial score (nSPS) is 11.8. The van der Waals surface area contributed by atoms with Crippen LogP contribution in [0.2, 0.25) is 0 Å². The third-order valence-electron chi connectivity index (χ3n) is 6.56. The van der Waals surface area contributed by atoms with Crippen LogP contribution in [0.5, 0.6) is 5.75 Å². The van der Waals surface area contributed by atoms with Crippen LogP contribution in [0, 0.1) is 0 Å². The molecule has 1 unspecified atom stereocenters. The second-order valence-electron chi connectivity index (χ2n) is 9.34. The molecule has 0 spiro atoms. The summed E-state index contributed by atoms with van der Waals surface area (Å²) in [5.41, 5.74) is 4.10. The van der Waals surface area contributed by atoms with E-state index in [0.29, 0.717) is 24.3 Å². The molecule has 5 aromatic rings. The number of carbonyl (C=O) groups excluding carboxylic acids is 1. The first-order chi connectivity index (χ1) is 18.4. The quantitative estimate of drug-likeness (QED) is 0.243. The molecule has 1 atom stereocenters. The van der Waals surface area contributed by atoms with Gasteiger partial charge in [-0.3, -0.25) is 14.6 Å². The van der Waals surface area contributed by atoms with Crippen molar-refractivity contribution in [2.75, 3.05) is 11.9 Å². The topological polar surface area (TPSA) is 88.5 Å². The summed E-state index contributed by atoms with van der Waals surface area (Å²) in [5.74, 6) is -0.654. The van der Waals surface area contributed by atoms with E-state index in [9.17, 15) is 9.59 Å². The van der Waals surface area contributed by atoms with E-state index >= 15 is 0 Å². The highest BCUT2D eigenvalue weighted by Gasteiger charge is 2.16. The molecule has 5 rings (SSSR count). The predicted molar refractivity (Wildman–Crippen MR) is 150 cm³/mol. The van der Waals surface area contributed by atoms with Crippen molar-refractivity contribution in [1.82, 2.24) is 4.98 Å². The highest BCUT2D eigenvalue weighted by atomic mass is 16.5. The van der Waals surface area contributed by atoms with Gasteiger partial charge >= 0.3 is 5.97 Å². The molecule has 2 N–H and O–H groups in total. The van der Waals surface area contributed by atoms with Crippen LogP contribution >= 0.6 is 0 Å². The summed E-state index contributed by atoms with van der Waals surface area (Å²) in [6, 6.07) is 31.0. The number of carbonyl (C=O) groups is 2. The minimum Gasteiger partial charge on any atom is -0.493 e. The third kappa shape index (κ3) is 5.98. The number of carboxylic acid groups (broad SMARTS) is 1. The van der Waals surface area contributed by atoms with E-state index in [0.717, 1.165) is 38.7 Å². The van der Waals surface area contributed by atoms with Gasteiger partial charge in [0.2, 0.25) is 5.91 Å². The maximum absolute atomic E-state index is 12.9. The molecular weight excluding hydrogens is 476 g/mol. The van der Waals surface area contributed by atoms with Gasteiger partial charge in [0.15, 0.2) is 0 Å². The molecule has 190 valence electrons. The first-order valence-corrected chi connectivity index (χ1v) is 12.6. The Hall–Kier alpha value is -4.71. The van der Waals surface area contributed by atoms with E-state index in [1.165, 1.54) is 0 Å². The largest absolute Gasteiger partial charge is 0.493 e. The molecule has 0 saturated carbocycles. The Labute approximate surface area is 220 Å². The van der Waals surface area contributed by atoms with Gasteiger partial charge in [0.05, 0.1) is 24.5 Å². The molecule has 0 aliphatic heterocycles. The maximum Gasteiger partial charge on any atom is 0.307 e. The number of anilines is 1. The van der Waals surface area contributed by atoms with E-state index in [-0.39, 0.29) is 18.2 Å². The number of aromatic nitrogens is 1. The SMILES string of the molecule is CC(C(=O)Nc1cccc(CC(=O)O)c1)c1ccc2cc(OCCc3ccc4ccccc4n3)ccc2c1. The molecule has 0 aliphatic rings. The number of hydrogen-bond donors (Lipinski definition) is 2. The molecule has 1 aromatic heterocycles. The molecule has 1 heterocycles. The summed E-state index contributed by atoms with van der Waals surface area (Å²) in [5, 5.41) is 15.1. The van der Waals surface area contributed by atoms with E-state index in [1.54, 1.807) is 24.3 Å². The van der Waals surface area contributed by atoms with Crippen molar-refractivity contribution in [3.05, 3.63) is 114 Å². The molecule has 6 heteroatoms. The van der Waals surface area contributed by atoms with Gasteiger partial charge in [-0.15, -0.1) is 0 Å². The van der Waals surface area contributed by atoms with Crippen LogP contribution in [0.4, 0.5) is 5.69 Å². The molecule has 6 nitrogen and oxygen atoms in total. The lowest BCUT2D eigenvalue weighted by molar-refractivity contribution is -0.136. The minimum atomic E-state index is -0.909. The Bertz CT molecular complexity index is 1630. The number of pyridine rings is 1. The van der Waals surface area contributed by atoms with Crippen LogP contribution in [0.1, 0.15) is 29.7 Å². The minimum absolute atomic E-state index is 0.0873. The zero-order valence-electron chi connectivity index (χ0n) is 21.1. The van der Waals surface area contributed by atoms with Crippen LogP contribution in [-0.2, 0) is 22.4 Å². The lowest BCUT2D eigenvalue weighted by Crippen LogP contribution is -2.19. The van der Waals surface area contributed by atoms with Gasteiger partial charge in [0, 0.05) is 23.2 Å². The van der Waals surface area contributed by atoms with Crippen molar-refractivity contribution in [3.8, 4) is 5.75 Å². The van der Waals surface area contributed by atoms with Crippen molar-refractivity contribution < 1.29 is 19.4 Å². The number of para-hydroxylation sites is 1. The molecular formula is C32H28N2O4. The number of amides is 1. The first kappa shape index (κ1) is 25.0. The van der Waals surface area contributed by atoms with Crippen molar-refractivity contribution in [1.29, 1.82) is 0 Å². The van der Waals surface area contributed by atoms with Gasteiger partial charge in [0.1, 0.15) is 5.75 Å². The fourth-order valence-electron chi connectivity index (χ4n) is 4.46. The van der Waals surface area contributed by atoms with Crippen LogP contribution in [-0.4, -0.2) is 28.6 Å². The van der Waals surface area contributed by atoms with Crippen molar-refractivity contribution in [2.24, 2.45) is 0 Å². The number of nitrogens with zero attached hydrogens (tertiary/aromatic N) is 1. The average Bonchev–Trinajstić information content (AvgIpc) is 2.92. The summed E-state index contributed by atoms with van der Waals surface area (Å²) < 4.78 is 6.01. The zero-order chi connectivity index (χ0) is 26.5. The van der Waals surface area contributed by atoms with E-state index in [1.807, 2.05) is 67.6 Å². The summed E-state index contributed by atoms with van der Waals surface area (Å²) in [6.07, 6.45) is 0.629. The summed E-state index contributed by atoms with van der Waals surface area (Å²) >= 11 is 0. The smallest absolute Gasteiger partial charge is 0.307 e. The lowest BCUT2D eigenvalue weighted by atomic mass is 9.97. The van der Waals surface area contributed by atoms with Crippen LogP contribution < -0.4 is 10.1 Å². The van der Waals surface area contributed by atoms with Crippen molar-refractivity contribution in [2.45, 2.75) is 25.7 Å². The molecule has 4 aromatic carbocycles. The van der Waals surface area contributed by atoms with Crippen molar-refractivity contribution in [3.63, 3.8) is 0 Å².